The maximum Gasteiger partial charge on any atom is 0.265 e. The van der Waals surface area contributed by atoms with E-state index in [1.165, 1.54) is 11.3 Å². The number of aryl methyl sites for hydroxylation is 1. The molecular formula is C21H17ClN4O2S. The molecule has 2 aromatic heterocycles. The summed E-state index contributed by atoms with van der Waals surface area (Å²) < 4.78 is 1.77. The second-order valence-corrected chi connectivity index (χ2v) is 8.01. The van der Waals surface area contributed by atoms with Crippen molar-refractivity contribution >= 4 is 50.7 Å². The first-order valence-electron chi connectivity index (χ1n) is 8.85. The summed E-state index contributed by atoms with van der Waals surface area (Å²) in [5.41, 5.74) is 8.24. The topological polar surface area (TPSA) is 90.0 Å². The summed E-state index contributed by atoms with van der Waals surface area (Å²) in [6.07, 6.45) is 0.169. The van der Waals surface area contributed by atoms with Crippen LogP contribution in [0.25, 0.3) is 15.9 Å². The number of nitrogens with zero attached hydrogens (tertiary/aromatic N) is 2. The molecule has 8 heteroatoms. The second kappa shape index (κ2) is 7.69. The number of benzene rings is 2. The van der Waals surface area contributed by atoms with Crippen LogP contribution < -0.4 is 11.1 Å². The van der Waals surface area contributed by atoms with Crippen molar-refractivity contribution in [1.29, 1.82) is 0 Å². The summed E-state index contributed by atoms with van der Waals surface area (Å²) in [6, 6.07) is 16.3. The Morgan fingerprint density at radius 1 is 1.17 bits per heavy atom. The van der Waals surface area contributed by atoms with Crippen LogP contribution in [0.4, 0.5) is 5.69 Å². The fraction of sp³-hybridized carbons (Fsp3) is 0.0952. The first-order valence-corrected chi connectivity index (χ1v) is 10.0. The van der Waals surface area contributed by atoms with Crippen molar-refractivity contribution < 1.29 is 9.59 Å². The zero-order valence-corrected chi connectivity index (χ0v) is 17.1. The van der Waals surface area contributed by atoms with E-state index in [1.54, 1.807) is 28.9 Å². The van der Waals surface area contributed by atoms with Crippen molar-refractivity contribution in [3.63, 3.8) is 0 Å². The molecule has 0 unspecified atom stereocenters. The Labute approximate surface area is 175 Å². The molecule has 4 rings (SSSR count). The highest BCUT2D eigenvalue weighted by Crippen LogP contribution is 2.32. The number of hydrogen-bond donors (Lipinski definition) is 2. The molecule has 146 valence electrons. The molecule has 0 aliphatic heterocycles. The van der Waals surface area contributed by atoms with Crippen LogP contribution in [-0.2, 0) is 11.2 Å². The maximum absolute atomic E-state index is 12.7. The van der Waals surface area contributed by atoms with Gasteiger partial charge in [-0.3, -0.25) is 9.59 Å². The Hall–Kier alpha value is -3.16. The molecule has 0 bridgehead atoms. The van der Waals surface area contributed by atoms with Gasteiger partial charge in [0.05, 0.1) is 27.7 Å². The van der Waals surface area contributed by atoms with Crippen LogP contribution in [0.3, 0.4) is 0 Å². The number of halogens is 1. The number of primary amides is 1. The molecule has 4 aromatic rings. The van der Waals surface area contributed by atoms with E-state index in [4.69, 9.17) is 17.3 Å². The number of carbonyl (C=O) groups excluding carboxylic acids is 2. The van der Waals surface area contributed by atoms with Crippen molar-refractivity contribution in [2.45, 2.75) is 13.3 Å². The molecule has 0 aliphatic carbocycles. The first-order chi connectivity index (χ1) is 13.9. The maximum atomic E-state index is 12.7. The third kappa shape index (κ3) is 3.87. The van der Waals surface area contributed by atoms with Crippen LogP contribution in [0, 0.1) is 6.92 Å². The summed E-state index contributed by atoms with van der Waals surface area (Å²) in [5.74, 6) is -0.603. The number of para-hydroxylation sites is 1. The average molecular weight is 425 g/mol. The summed E-state index contributed by atoms with van der Waals surface area (Å²) in [5, 5.41) is 8.95. The lowest BCUT2D eigenvalue weighted by molar-refractivity contribution is -0.117. The van der Waals surface area contributed by atoms with Gasteiger partial charge in [0, 0.05) is 11.1 Å². The molecule has 29 heavy (non-hydrogen) atoms. The fourth-order valence-electron chi connectivity index (χ4n) is 3.05. The third-order valence-corrected chi connectivity index (χ3v) is 5.87. The SMILES string of the molecule is Cc1nn(-c2ccccc2Cl)c2sc(C(=O)Nc3ccc(CC(N)=O)cc3)cc12. The molecular weight excluding hydrogens is 408 g/mol. The van der Waals surface area contributed by atoms with E-state index < -0.39 is 5.91 Å². The Bertz CT molecular complexity index is 1230. The van der Waals surface area contributed by atoms with Crippen molar-refractivity contribution in [2.75, 3.05) is 5.32 Å². The van der Waals surface area contributed by atoms with Gasteiger partial charge in [-0.15, -0.1) is 11.3 Å². The number of aromatic nitrogens is 2. The van der Waals surface area contributed by atoms with E-state index in [2.05, 4.69) is 10.4 Å². The molecule has 6 nitrogen and oxygen atoms in total. The van der Waals surface area contributed by atoms with E-state index in [0.29, 0.717) is 15.6 Å². The molecule has 0 radical (unpaired) electrons. The van der Waals surface area contributed by atoms with Crippen LogP contribution in [0.5, 0.6) is 0 Å². The first kappa shape index (κ1) is 19.2. The molecule has 2 heterocycles. The summed E-state index contributed by atoms with van der Waals surface area (Å²) in [6.45, 7) is 1.90. The zero-order chi connectivity index (χ0) is 20.5. The number of nitrogens with two attached hydrogens (primary N) is 1. The van der Waals surface area contributed by atoms with Gasteiger partial charge in [0.25, 0.3) is 5.91 Å². The Morgan fingerprint density at radius 3 is 2.59 bits per heavy atom. The van der Waals surface area contributed by atoms with Crippen molar-refractivity contribution in [3.05, 3.63) is 75.8 Å². The number of hydrogen-bond acceptors (Lipinski definition) is 4. The van der Waals surface area contributed by atoms with Crippen molar-refractivity contribution in [1.82, 2.24) is 9.78 Å². The minimum atomic E-state index is -0.394. The summed E-state index contributed by atoms with van der Waals surface area (Å²) in [4.78, 5) is 25.2. The standard InChI is InChI=1S/C21H17ClN4O2S/c1-12-15-11-18(20(28)24-14-8-6-13(7-9-14)10-19(23)27)29-21(15)26(25-12)17-5-3-2-4-16(17)22/h2-9,11H,10H2,1H3,(H2,23,27)(H,24,28). The predicted molar refractivity (Wildman–Crippen MR) is 116 cm³/mol. The van der Waals surface area contributed by atoms with Gasteiger partial charge >= 0.3 is 0 Å². The van der Waals surface area contributed by atoms with Gasteiger partial charge in [0.15, 0.2) is 0 Å². The zero-order valence-electron chi connectivity index (χ0n) is 15.5. The van der Waals surface area contributed by atoms with Gasteiger partial charge in [0.1, 0.15) is 4.83 Å². The van der Waals surface area contributed by atoms with Crippen molar-refractivity contribution in [3.8, 4) is 5.69 Å². The summed E-state index contributed by atoms with van der Waals surface area (Å²) >= 11 is 7.68. The van der Waals surface area contributed by atoms with Crippen LogP contribution in [0.15, 0.2) is 54.6 Å². The third-order valence-electron chi connectivity index (χ3n) is 4.44. The molecule has 3 N–H and O–H groups in total. The number of fused-ring (bicyclic) bond motifs is 1. The number of amides is 2. The Morgan fingerprint density at radius 2 is 1.90 bits per heavy atom. The quantitative estimate of drug-likeness (QED) is 0.499. The number of thiophene rings is 1. The second-order valence-electron chi connectivity index (χ2n) is 6.57. The van der Waals surface area contributed by atoms with Gasteiger partial charge in [-0.2, -0.15) is 5.10 Å². The number of anilines is 1. The average Bonchev–Trinajstić information content (AvgIpc) is 3.24. The molecule has 0 saturated carbocycles. The number of carbonyl (C=O) groups is 2. The van der Waals surface area contributed by atoms with E-state index in [-0.39, 0.29) is 12.3 Å². The van der Waals surface area contributed by atoms with Crippen LogP contribution in [-0.4, -0.2) is 21.6 Å². The molecule has 2 amide bonds. The normalized spacial score (nSPS) is 11.0. The molecule has 2 aromatic carbocycles. The summed E-state index contributed by atoms with van der Waals surface area (Å²) in [7, 11) is 0. The fourth-order valence-corrected chi connectivity index (χ4v) is 4.33. The van der Waals surface area contributed by atoms with E-state index in [1.807, 2.05) is 37.3 Å². The highest BCUT2D eigenvalue weighted by atomic mass is 35.5. The van der Waals surface area contributed by atoms with Crippen LogP contribution in [0.1, 0.15) is 20.9 Å². The Balaban J connectivity index is 1.61. The Kier molecular flexibility index (Phi) is 5.08. The van der Waals surface area contributed by atoms with Gasteiger partial charge < -0.3 is 11.1 Å². The minimum absolute atomic E-state index is 0.169. The molecule has 0 aliphatic rings. The van der Waals surface area contributed by atoms with Gasteiger partial charge in [-0.05, 0) is 42.8 Å². The number of rotatable bonds is 5. The lowest BCUT2D eigenvalue weighted by Gasteiger charge is -2.05. The van der Waals surface area contributed by atoms with E-state index in [9.17, 15) is 9.59 Å². The van der Waals surface area contributed by atoms with Crippen molar-refractivity contribution in [2.24, 2.45) is 5.73 Å². The van der Waals surface area contributed by atoms with E-state index >= 15 is 0 Å². The minimum Gasteiger partial charge on any atom is -0.369 e. The largest absolute Gasteiger partial charge is 0.369 e. The lowest BCUT2D eigenvalue weighted by Crippen LogP contribution is -2.14. The predicted octanol–water partition coefficient (Wildman–Crippen LogP) is 4.33. The van der Waals surface area contributed by atoms with Gasteiger partial charge in [-0.1, -0.05) is 35.9 Å². The number of nitrogens with one attached hydrogen (secondary N) is 1. The van der Waals surface area contributed by atoms with E-state index in [0.717, 1.165) is 27.2 Å². The highest BCUT2D eigenvalue weighted by Gasteiger charge is 2.18. The molecule has 0 saturated heterocycles. The molecule has 0 atom stereocenters. The lowest BCUT2D eigenvalue weighted by atomic mass is 10.1. The molecule has 0 fully saturated rings. The van der Waals surface area contributed by atoms with Gasteiger partial charge in [-0.25, -0.2) is 4.68 Å². The monoisotopic (exact) mass is 424 g/mol. The molecule has 0 spiro atoms. The smallest absolute Gasteiger partial charge is 0.265 e. The van der Waals surface area contributed by atoms with Crippen LogP contribution in [0.2, 0.25) is 5.02 Å². The van der Waals surface area contributed by atoms with Gasteiger partial charge in [0.2, 0.25) is 5.91 Å². The highest BCUT2D eigenvalue weighted by molar-refractivity contribution is 7.20. The van der Waals surface area contributed by atoms with Crippen LogP contribution >= 0.6 is 22.9 Å².